The number of fused-ring (bicyclic) bond motifs is 2. The molecule has 6 aromatic heterocycles. The molecule has 0 bridgehead atoms. The van der Waals surface area contributed by atoms with Crippen molar-refractivity contribution in [2.24, 2.45) is 14.1 Å². The van der Waals surface area contributed by atoms with Gasteiger partial charge in [0.25, 0.3) is 0 Å². The number of ether oxygens (including phenoxy) is 1. The van der Waals surface area contributed by atoms with Crippen molar-refractivity contribution in [3.8, 4) is 5.75 Å². The number of rotatable bonds is 10. The molecule has 2 amide bonds. The van der Waals surface area contributed by atoms with Crippen LogP contribution in [0.2, 0.25) is 5.28 Å². The Labute approximate surface area is 403 Å². The van der Waals surface area contributed by atoms with Gasteiger partial charge in [-0.05, 0) is 60.5 Å². The summed E-state index contributed by atoms with van der Waals surface area (Å²) in [6, 6.07) is 12.2. The van der Waals surface area contributed by atoms with Gasteiger partial charge in [-0.25, -0.2) is 36.6 Å². The molecule has 2 aliphatic rings. The number of aryl methyl sites for hydroxylation is 3. The van der Waals surface area contributed by atoms with Crippen molar-refractivity contribution in [1.82, 2.24) is 63.4 Å². The van der Waals surface area contributed by atoms with Gasteiger partial charge in [-0.15, -0.1) is 10.2 Å². The van der Waals surface area contributed by atoms with E-state index in [1.54, 1.807) is 38.4 Å². The molecule has 0 unspecified atom stereocenters. The minimum Gasteiger partial charge on any atom is -0.497 e. The molecule has 70 heavy (non-hydrogen) atoms. The molecule has 2 aliphatic heterocycles. The van der Waals surface area contributed by atoms with Crippen LogP contribution in [0, 0.1) is 30.2 Å². The van der Waals surface area contributed by atoms with Gasteiger partial charge in [0, 0.05) is 115 Å². The predicted molar refractivity (Wildman–Crippen MR) is 254 cm³/mol. The van der Waals surface area contributed by atoms with E-state index in [0.29, 0.717) is 87.1 Å². The van der Waals surface area contributed by atoms with Crippen molar-refractivity contribution in [2.75, 3.05) is 75.0 Å². The van der Waals surface area contributed by atoms with Crippen molar-refractivity contribution in [2.45, 2.75) is 19.8 Å². The lowest BCUT2D eigenvalue weighted by atomic mass is 10.1. The lowest BCUT2D eigenvalue weighted by Gasteiger charge is -2.35. The van der Waals surface area contributed by atoms with Gasteiger partial charge in [-0.1, -0.05) is 0 Å². The van der Waals surface area contributed by atoms with Crippen molar-refractivity contribution in [3.63, 3.8) is 0 Å². The van der Waals surface area contributed by atoms with Crippen LogP contribution in [0.4, 0.5) is 46.8 Å². The number of aromatic nitrogens is 10. The van der Waals surface area contributed by atoms with E-state index in [4.69, 9.17) is 21.3 Å². The van der Waals surface area contributed by atoms with Crippen LogP contribution in [-0.2, 0) is 36.5 Å². The largest absolute Gasteiger partial charge is 0.497 e. The monoisotopic (exact) mass is 984 g/mol. The number of nitrogens with zero attached hydrogens (tertiary/aromatic N) is 13. The maximum Gasteiger partial charge on any atom is 0.245 e. The Hall–Kier alpha value is -7.79. The average molecular weight is 985 g/mol. The molecule has 10 rings (SSSR count). The van der Waals surface area contributed by atoms with Gasteiger partial charge < -0.3 is 44.5 Å². The van der Waals surface area contributed by atoms with E-state index >= 15 is 0 Å². The number of nitrogens with one attached hydrogen (secondary N) is 3. The molecular weight excluding hydrogens is 936 g/mol. The molecule has 0 aliphatic carbocycles. The van der Waals surface area contributed by atoms with Crippen LogP contribution in [0.1, 0.15) is 16.7 Å². The fraction of sp³-hybridized carbons (Fsp3) is 0.304. The number of carbonyl (C=O) groups excluding carboxylic acids is 2. The maximum absolute atomic E-state index is 14.2. The summed E-state index contributed by atoms with van der Waals surface area (Å²) in [6.07, 6.45) is 10.2. The van der Waals surface area contributed by atoms with Crippen LogP contribution in [0.3, 0.4) is 0 Å². The molecule has 2 aromatic carbocycles. The second-order valence-electron chi connectivity index (χ2n) is 16.4. The molecule has 8 heterocycles. The zero-order valence-corrected chi connectivity index (χ0v) is 39.3. The number of amides is 2. The molecule has 3 N–H and O–H groups in total. The van der Waals surface area contributed by atoms with Crippen LogP contribution in [0.25, 0.3) is 11.0 Å². The first-order valence-corrected chi connectivity index (χ1v) is 22.4. The standard InChI is InChI=1S/C23H24F2N8O.C13H16F2N2O2.C10H9ClN6/c1-15-10-17(24)16(18(25)11-15)12-21(34)31-6-8-32(9-7-31)23-28-22(19-4-3-5-33(19)29-23)27-20-13-30(2)14-26-20;1-19-9-6-11(14)10(12(15)7-9)8-13(18)17-4-2-16-3-5-17;1-16-5-8(12-6-16)13-9-7-3-2-4-17(7)15-10(11)14-9/h3-5,10-11,13-14H,6-9,12H2,1-2H3,(H,27,28,29);6-7,16H,2-5,8H2,1H3;2-6H,1H3,(H,13,14,15). The number of piperazine rings is 2. The number of halogens is 5. The van der Waals surface area contributed by atoms with Gasteiger partial charge in [0.2, 0.25) is 23.0 Å². The molecule has 366 valence electrons. The molecule has 0 atom stereocenters. The number of hydrogen-bond acceptors (Lipinski definition) is 13. The van der Waals surface area contributed by atoms with E-state index in [2.05, 4.69) is 41.1 Å². The van der Waals surface area contributed by atoms with Crippen LogP contribution in [0.15, 0.2) is 86.0 Å². The van der Waals surface area contributed by atoms with Crippen molar-refractivity contribution >= 4 is 63.7 Å². The molecule has 2 saturated heterocycles. The second kappa shape index (κ2) is 21.7. The number of hydrogen-bond donors (Lipinski definition) is 3. The molecular formula is C46H49ClF4N16O3. The summed E-state index contributed by atoms with van der Waals surface area (Å²) < 4.78 is 67.6. The van der Waals surface area contributed by atoms with E-state index < -0.39 is 23.3 Å². The first-order chi connectivity index (χ1) is 33.7. The molecule has 8 aromatic rings. The van der Waals surface area contributed by atoms with Gasteiger partial charge >= 0.3 is 0 Å². The lowest BCUT2D eigenvalue weighted by molar-refractivity contribution is -0.131. The zero-order chi connectivity index (χ0) is 49.5. The predicted octanol–water partition coefficient (Wildman–Crippen LogP) is 5.49. The topological polar surface area (TPSA) is 185 Å². The first-order valence-electron chi connectivity index (χ1n) is 22.0. The minimum absolute atomic E-state index is 0.105. The third-order valence-electron chi connectivity index (χ3n) is 11.3. The Kier molecular flexibility index (Phi) is 15.1. The normalized spacial score (nSPS) is 13.7. The summed E-state index contributed by atoms with van der Waals surface area (Å²) in [4.78, 5) is 47.2. The number of methoxy groups -OCH3 is 1. The highest BCUT2D eigenvalue weighted by Gasteiger charge is 2.26. The van der Waals surface area contributed by atoms with E-state index in [1.165, 1.54) is 19.2 Å². The Morgan fingerprint density at radius 1 is 0.700 bits per heavy atom. The third kappa shape index (κ3) is 11.7. The smallest absolute Gasteiger partial charge is 0.245 e. The number of benzene rings is 2. The number of carbonyl (C=O) groups is 2. The average Bonchev–Trinajstić information content (AvgIpc) is 4.18. The van der Waals surface area contributed by atoms with E-state index in [1.807, 2.05) is 77.2 Å². The van der Waals surface area contributed by atoms with E-state index in [-0.39, 0.29) is 46.8 Å². The summed E-state index contributed by atoms with van der Waals surface area (Å²) in [5, 5.41) is 18.3. The Morgan fingerprint density at radius 3 is 1.69 bits per heavy atom. The SMILES string of the molecule is COc1cc(F)c(CC(=O)N2CCNCC2)c(F)c1.Cc1cc(F)c(CC(=O)N2CCN(c3nc(Nc4cn(C)cn4)c4cccn4n3)CC2)c(F)c1.Cn1cnc(Nc2nc(Cl)nn3cccc23)c1. The summed E-state index contributed by atoms with van der Waals surface area (Å²) >= 11 is 5.84. The van der Waals surface area contributed by atoms with Crippen LogP contribution in [-0.4, -0.2) is 129 Å². The third-order valence-corrected chi connectivity index (χ3v) is 11.5. The van der Waals surface area contributed by atoms with Gasteiger partial charge in [0.15, 0.2) is 11.6 Å². The van der Waals surface area contributed by atoms with Crippen molar-refractivity contribution in [3.05, 3.63) is 131 Å². The zero-order valence-electron chi connectivity index (χ0n) is 38.6. The number of anilines is 5. The Morgan fingerprint density at radius 2 is 1.19 bits per heavy atom. The Balaban J connectivity index is 0.000000155. The quantitative estimate of drug-likeness (QED) is 0.146. The van der Waals surface area contributed by atoms with Crippen molar-refractivity contribution < 1.29 is 31.9 Å². The maximum atomic E-state index is 14.2. The molecule has 0 radical (unpaired) electrons. The van der Waals surface area contributed by atoms with Crippen LogP contribution >= 0.6 is 11.6 Å². The first kappa shape index (κ1) is 48.7. The van der Waals surface area contributed by atoms with Gasteiger partial charge in [0.1, 0.15) is 51.7 Å². The van der Waals surface area contributed by atoms with Gasteiger partial charge in [-0.2, -0.15) is 9.97 Å². The summed E-state index contributed by atoms with van der Waals surface area (Å²) in [7, 11) is 5.12. The minimum atomic E-state index is -0.750. The highest BCUT2D eigenvalue weighted by atomic mass is 35.5. The second-order valence-corrected chi connectivity index (χ2v) is 16.7. The van der Waals surface area contributed by atoms with Gasteiger partial charge in [0.05, 0.1) is 32.6 Å². The molecule has 0 saturated carbocycles. The fourth-order valence-corrected chi connectivity index (χ4v) is 7.87. The highest BCUT2D eigenvalue weighted by Crippen LogP contribution is 2.25. The number of imidazole rings is 2. The molecule has 2 fully saturated rings. The fourth-order valence-electron chi connectivity index (χ4n) is 7.71. The van der Waals surface area contributed by atoms with Crippen molar-refractivity contribution in [1.29, 1.82) is 0 Å². The van der Waals surface area contributed by atoms with Gasteiger partial charge in [-0.3, -0.25) is 9.59 Å². The van der Waals surface area contributed by atoms with Crippen LogP contribution in [0.5, 0.6) is 5.75 Å². The highest BCUT2D eigenvalue weighted by molar-refractivity contribution is 6.28. The molecule has 24 heteroatoms. The summed E-state index contributed by atoms with van der Waals surface area (Å²) in [5.74, 6) is -0.182. The summed E-state index contributed by atoms with van der Waals surface area (Å²) in [5.41, 5.74) is 1.75. The molecule has 0 spiro atoms. The van der Waals surface area contributed by atoms with E-state index in [0.717, 1.165) is 23.2 Å². The van der Waals surface area contributed by atoms with Crippen LogP contribution < -0.4 is 25.6 Å². The summed E-state index contributed by atoms with van der Waals surface area (Å²) in [6.45, 7) is 5.98. The molecule has 19 nitrogen and oxygen atoms in total. The Bertz CT molecular complexity index is 3080. The lowest BCUT2D eigenvalue weighted by Crippen LogP contribution is -2.50. The van der Waals surface area contributed by atoms with E-state index in [9.17, 15) is 27.2 Å².